The van der Waals surface area contributed by atoms with Gasteiger partial charge in [-0.1, -0.05) is 17.7 Å². The van der Waals surface area contributed by atoms with Gasteiger partial charge in [0.05, 0.1) is 18.2 Å². The van der Waals surface area contributed by atoms with Gasteiger partial charge in [-0.15, -0.1) is 0 Å². The third-order valence-electron chi connectivity index (χ3n) is 2.89. The lowest BCUT2D eigenvalue weighted by atomic mass is 10.1. The normalized spacial score (nSPS) is 15.7. The van der Waals surface area contributed by atoms with Crippen LogP contribution in [-0.2, 0) is 16.1 Å². The lowest BCUT2D eigenvalue weighted by Gasteiger charge is -2.25. The van der Waals surface area contributed by atoms with Crippen LogP contribution in [0.2, 0.25) is 5.02 Å². The lowest BCUT2D eigenvalue weighted by Crippen LogP contribution is -2.39. The van der Waals surface area contributed by atoms with Crippen molar-refractivity contribution in [3.05, 3.63) is 34.3 Å². The standard InChI is InChI=1S/C13H11ClN2O2/c14-11-6-9(7-15)4-5-10(11)8-16-12(17)2-1-3-13(16)18/h4-6H,1-3,8H2. The van der Waals surface area contributed by atoms with Crippen LogP contribution in [-0.4, -0.2) is 16.7 Å². The van der Waals surface area contributed by atoms with Crippen molar-refractivity contribution in [2.45, 2.75) is 25.8 Å². The molecule has 2 rings (SSSR count). The van der Waals surface area contributed by atoms with Gasteiger partial charge in [0, 0.05) is 17.9 Å². The van der Waals surface area contributed by atoms with E-state index in [2.05, 4.69) is 0 Å². The molecule has 1 aliphatic rings. The molecule has 4 nitrogen and oxygen atoms in total. The maximum absolute atomic E-state index is 11.7. The molecule has 1 heterocycles. The molecule has 0 N–H and O–H groups in total. The SMILES string of the molecule is N#Cc1ccc(CN2C(=O)CCCC2=O)c(Cl)c1. The molecule has 1 aromatic carbocycles. The van der Waals surface area contributed by atoms with Gasteiger partial charge in [0.15, 0.2) is 0 Å². The summed E-state index contributed by atoms with van der Waals surface area (Å²) in [4.78, 5) is 24.5. The summed E-state index contributed by atoms with van der Waals surface area (Å²) >= 11 is 6.02. The van der Waals surface area contributed by atoms with Crippen molar-refractivity contribution in [1.29, 1.82) is 5.26 Å². The lowest BCUT2D eigenvalue weighted by molar-refractivity contribution is -0.148. The molecule has 1 saturated heterocycles. The van der Waals surface area contributed by atoms with Gasteiger partial charge in [0.1, 0.15) is 0 Å². The molecule has 0 atom stereocenters. The van der Waals surface area contributed by atoms with E-state index in [-0.39, 0.29) is 18.4 Å². The molecule has 0 radical (unpaired) electrons. The fourth-order valence-corrected chi connectivity index (χ4v) is 2.13. The van der Waals surface area contributed by atoms with Gasteiger partial charge in [-0.2, -0.15) is 5.26 Å². The van der Waals surface area contributed by atoms with Crippen molar-refractivity contribution in [1.82, 2.24) is 4.90 Å². The van der Waals surface area contributed by atoms with Crippen LogP contribution in [0.5, 0.6) is 0 Å². The number of hydrogen-bond acceptors (Lipinski definition) is 3. The van der Waals surface area contributed by atoms with Crippen molar-refractivity contribution in [3.8, 4) is 6.07 Å². The monoisotopic (exact) mass is 262 g/mol. The number of likely N-dealkylation sites (tertiary alicyclic amines) is 1. The first kappa shape index (κ1) is 12.6. The number of amides is 2. The smallest absolute Gasteiger partial charge is 0.229 e. The van der Waals surface area contributed by atoms with Crippen LogP contribution in [0.25, 0.3) is 0 Å². The van der Waals surface area contributed by atoms with Crippen LogP contribution < -0.4 is 0 Å². The van der Waals surface area contributed by atoms with E-state index in [0.717, 1.165) is 0 Å². The van der Waals surface area contributed by atoms with E-state index in [9.17, 15) is 9.59 Å². The third kappa shape index (κ3) is 2.52. The predicted octanol–water partition coefficient (Wildman–Crippen LogP) is 2.25. The zero-order valence-electron chi connectivity index (χ0n) is 9.65. The van der Waals surface area contributed by atoms with Gasteiger partial charge in [-0.05, 0) is 24.1 Å². The molecule has 0 aromatic heterocycles. The van der Waals surface area contributed by atoms with Gasteiger partial charge in [-0.25, -0.2) is 0 Å². The zero-order valence-corrected chi connectivity index (χ0v) is 10.4. The van der Waals surface area contributed by atoms with Gasteiger partial charge >= 0.3 is 0 Å². The number of rotatable bonds is 2. The maximum Gasteiger partial charge on any atom is 0.229 e. The van der Waals surface area contributed by atoms with Gasteiger partial charge < -0.3 is 0 Å². The molecular formula is C13H11ClN2O2. The van der Waals surface area contributed by atoms with Gasteiger partial charge in [0.2, 0.25) is 11.8 Å². The number of hydrogen-bond donors (Lipinski definition) is 0. The van der Waals surface area contributed by atoms with E-state index < -0.39 is 0 Å². The summed E-state index contributed by atoms with van der Waals surface area (Å²) in [7, 11) is 0. The Morgan fingerprint density at radius 1 is 1.28 bits per heavy atom. The first-order chi connectivity index (χ1) is 8.61. The molecule has 0 unspecified atom stereocenters. The van der Waals surface area contributed by atoms with Crippen molar-refractivity contribution in [3.63, 3.8) is 0 Å². The number of piperidine rings is 1. The number of imide groups is 1. The Morgan fingerprint density at radius 3 is 2.50 bits per heavy atom. The van der Waals surface area contributed by atoms with Crippen LogP contribution in [0, 0.1) is 11.3 Å². The molecule has 1 aromatic rings. The second-order valence-corrected chi connectivity index (χ2v) is 4.55. The van der Waals surface area contributed by atoms with E-state index in [4.69, 9.17) is 16.9 Å². The molecule has 0 spiro atoms. The molecule has 1 aliphatic heterocycles. The van der Waals surface area contributed by atoms with Crippen molar-refractivity contribution in [2.75, 3.05) is 0 Å². The van der Waals surface area contributed by atoms with Crippen LogP contribution in [0.15, 0.2) is 18.2 Å². The Hall–Kier alpha value is -1.86. The topological polar surface area (TPSA) is 61.2 Å². The summed E-state index contributed by atoms with van der Waals surface area (Å²) in [5.74, 6) is -0.321. The number of carbonyl (C=O) groups excluding carboxylic acids is 2. The number of benzene rings is 1. The first-order valence-electron chi connectivity index (χ1n) is 5.63. The van der Waals surface area contributed by atoms with Gasteiger partial charge in [-0.3, -0.25) is 14.5 Å². The fourth-order valence-electron chi connectivity index (χ4n) is 1.89. The molecule has 0 saturated carbocycles. The number of carbonyl (C=O) groups is 2. The average molecular weight is 263 g/mol. The van der Waals surface area contributed by atoms with E-state index in [1.54, 1.807) is 12.1 Å². The molecular weight excluding hydrogens is 252 g/mol. The van der Waals surface area contributed by atoms with Crippen molar-refractivity contribution >= 4 is 23.4 Å². The van der Waals surface area contributed by atoms with Gasteiger partial charge in [0.25, 0.3) is 0 Å². The second-order valence-electron chi connectivity index (χ2n) is 4.15. The highest BCUT2D eigenvalue weighted by atomic mass is 35.5. The molecule has 0 bridgehead atoms. The minimum absolute atomic E-state index is 0.160. The Labute approximate surface area is 110 Å². The van der Waals surface area contributed by atoms with Crippen LogP contribution in [0.1, 0.15) is 30.4 Å². The molecule has 5 heteroatoms. The predicted molar refractivity (Wildman–Crippen MR) is 65.6 cm³/mol. The summed E-state index contributed by atoms with van der Waals surface area (Å²) in [5, 5.41) is 9.13. The summed E-state index contributed by atoms with van der Waals surface area (Å²) in [6.07, 6.45) is 1.43. The molecule has 92 valence electrons. The minimum atomic E-state index is -0.160. The number of nitrogens with zero attached hydrogens (tertiary/aromatic N) is 2. The summed E-state index contributed by atoms with van der Waals surface area (Å²) < 4.78 is 0. The summed E-state index contributed by atoms with van der Waals surface area (Å²) in [6.45, 7) is 0.183. The molecule has 2 amide bonds. The van der Waals surface area contributed by atoms with E-state index >= 15 is 0 Å². The van der Waals surface area contributed by atoms with E-state index in [0.29, 0.717) is 35.4 Å². The minimum Gasteiger partial charge on any atom is -0.278 e. The van der Waals surface area contributed by atoms with Crippen LogP contribution in [0.4, 0.5) is 0 Å². The fraction of sp³-hybridized carbons (Fsp3) is 0.308. The van der Waals surface area contributed by atoms with Crippen molar-refractivity contribution < 1.29 is 9.59 Å². The number of nitriles is 1. The second kappa shape index (κ2) is 5.19. The highest BCUT2D eigenvalue weighted by Crippen LogP contribution is 2.22. The Bertz CT molecular complexity index is 532. The Balaban J connectivity index is 2.21. The van der Waals surface area contributed by atoms with E-state index in [1.165, 1.54) is 11.0 Å². The molecule has 18 heavy (non-hydrogen) atoms. The average Bonchev–Trinajstić information content (AvgIpc) is 2.35. The van der Waals surface area contributed by atoms with E-state index in [1.807, 2.05) is 6.07 Å². The first-order valence-corrected chi connectivity index (χ1v) is 6.01. The Kier molecular flexibility index (Phi) is 3.63. The Morgan fingerprint density at radius 2 is 1.94 bits per heavy atom. The molecule has 0 aliphatic carbocycles. The maximum atomic E-state index is 11.7. The third-order valence-corrected chi connectivity index (χ3v) is 3.25. The largest absolute Gasteiger partial charge is 0.278 e. The molecule has 1 fully saturated rings. The number of halogens is 1. The zero-order chi connectivity index (χ0) is 13.1. The van der Waals surface area contributed by atoms with Crippen molar-refractivity contribution in [2.24, 2.45) is 0 Å². The summed E-state index contributed by atoms with van der Waals surface area (Å²) in [5.41, 5.74) is 1.14. The quantitative estimate of drug-likeness (QED) is 0.768. The van der Waals surface area contributed by atoms with Crippen LogP contribution >= 0.6 is 11.6 Å². The highest BCUT2D eigenvalue weighted by molar-refractivity contribution is 6.31. The summed E-state index contributed by atoms with van der Waals surface area (Å²) in [6, 6.07) is 6.82. The highest BCUT2D eigenvalue weighted by Gasteiger charge is 2.26. The van der Waals surface area contributed by atoms with Crippen LogP contribution in [0.3, 0.4) is 0 Å².